The van der Waals surface area contributed by atoms with E-state index in [0.717, 1.165) is 24.7 Å². The first-order chi connectivity index (χ1) is 20.5. The standard InChI is InChI=1S/C32H39ClFN3O5S/c1-4-5-19-35-32(39)29(21-24-12-7-6-8-13-24)36(23-25-14-9-10-15-28(25)34)31(38)16-11-20-37(43(3,40)41)26-17-18-30(42-2)27(33)22-26/h6-10,12-15,17-18,22,29H,4-5,11,16,19-21,23H2,1-3H3,(H,35,39)/t29-/m1/s1. The molecule has 0 spiro atoms. The van der Waals surface area contributed by atoms with Gasteiger partial charge in [0.25, 0.3) is 0 Å². The summed E-state index contributed by atoms with van der Waals surface area (Å²) >= 11 is 6.24. The van der Waals surface area contributed by atoms with Gasteiger partial charge < -0.3 is 15.0 Å². The van der Waals surface area contributed by atoms with Crippen LogP contribution in [-0.4, -0.2) is 57.6 Å². The summed E-state index contributed by atoms with van der Waals surface area (Å²) in [5.74, 6) is -0.798. The summed E-state index contributed by atoms with van der Waals surface area (Å²) in [5, 5.41) is 3.18. The van der Waals surface area contributed by atoms with Gasteiger partial charge >= 0.3 is 0 Å². The number of halogens is 2. The van der Waals surface area contributed by atoms with E-state index < -0.39 is 27.8 Å². The van der Waals surface area contributed by atoms with Gasteiger partial charge in [-0.2, -0.15) is 0 Å². The van der Waals surface area contributed by atoms with Crippen molar-refractivity contribution in [3.05, 3.63) is 94.8 Å². The van der Waals surface area contributed by atoms with Crippen LogP contribution >= 0.6 is 11.6 Å². The summed E-state index contributed by atoms with van der Waals surface area (Å²) in [6, 6.07) is 19.2. The van der Waals surface area contributed by atoms with Gasteiger partial charge in [-0.25, -0.2) is 12.8 Å². The lowest BCUT2D eigenvalue weighted by molar-refractivity contribution is -0.141. The Kier molecular flexibility index (Phi) is 12.8. The molecule has 1 N–H and O–H groups in total. The summed E-state index contributed by atoms with van der Waals surface area (Å²) in [6.45, 7) is 2.35. The smallest absolute Gasteiger partial charge is 0.243 e. The number of carbonyl (C=O) groups is 2. The Labute approximate surface area is 258 Å². The van der Waals surface area contributed by atoms with E-state index in [1.165, 1.54) is 28.4 Å². The second-order valence-corrected chi connectivity index (χ2v) is 12.5. The van der Waals surface area contributed by atoms with Crippen molar-refractivity contribution in [3.63, 3.8) is 0 Å². The molecule has 0 aromatic heterocycles. The maximum Gasteiger partial charge on any atom is 0.243 e. The Morgan fingerprint density at radius 3 is 2.35 bits per heavy atom. The highest BCUT2D eigenvalue weighted by Gasteiger charge is 2.31. The third-order valence-corrected chi connectivity index (χ3v) is 8.46. The van der Waals surface area contributed by atoms with Gasteiger partial charge in [0.15, 0.2) is 0 Å². The molecule has 43 heavy (non-hydrogen) atoms. The first-order valence-electron chi connectivity index (χ1n) is 14.2. The van der Waals surface area contributed by atoms with E-state index >= 15 is 0 Å². The van der Waals surface area contributed by atoms with Crippen LogP contribution in [0, 0.1) is 5.82 Å². The van der Waals surface area contributed by atoms with Gasteiger partial charge in [0.05, 0.1) is 24.1 Å². The van der Waals surface area contributed by atoms with Gasteiger partial charge in [-0.1, -0.05) is 73.5 Å². The highest BCUT2D eigenvalue weighted by atomic mass is 35.5. The molecule has 0 unspecified atom stereocenters. The van der Waals surface area contributed by atoms with Gasteiger partial charge in [-0.3, -0.25) is 13.9 Å². The predicted molar refractivity (Wildman–Crippen MR) is 168 cm³/mol. The lowest BCUT2D eigenvalue weighted by Gasteiger charge is -2.32. The number of hydrogen-bond donors (Lipinski definition) is 1. The molecule has 3 rings (SSSR count). The number of anilines is 1. The normalized spacial score (nSPS) is 11.9. The molecule has 1 atom stereocenters. The second kappa shape index (κ2) is 16.3. The predicted octanol–water partition coefficient (Wildman–Crippen LogP) is 5.59. The highest BCUT2D eigenvalue weighted by Crippen LogP contribution is 2.30. The first kappa shape index (κ1) is 33.9. The topological polar surface area (TPSA) is 96.0 Å². The zero-order chi connectivity index (χ0) is 31.4. The Hall–Kier alpha value is -3.63. The fourth-order valence-electron chi connectivity index (χ4n) is 4.68. The summed E-state index contributed by atoms with van der Waals surface area (Å²) in [5.41, 5.74) is 1.46. The Morgan fingerprint density at radius 2 is 1.72 bits per heavy atom. The Bertz CT molecular complexity index is 1470. The van der Waals surface area contributed by atoms with Crippen molar-refractivity contribution >= 4 is 39.1 Å². The molecule has 0 aliphatic carbocycles. The molecular formula is C32H39ClFN3O5S. The van der Waals surface area contributed by atoms with E-state index in [1.807, 2.05) is 37.3 Å². The Morgan fingerprint density at radius 1 is 1.02 bits per heavy atom. The van der Waals surface area contributed by atoms with E-state index in [4.69, 9.17) is 16.3 Å². The van der Waals surface area contributed by atoms with Gasteiger partial charge in [0, 0.05) is 38.0 Å². The van der Waals surface area contributed by atoms with Gasteiger partial charge in [0.2, 0.25) is 21.8 Å². The monoisotopic (exact) mass is 631 g/mol. The fraction of sp³-hybridized carbons (Fsp3) is 0.375. The van der Waals surface area contributed by atoms with E-state index in [2.05, 4.69) is 5.32 Å². The molecule has 2 amide bonds. The zero-order valence-electron chi connectivity index (χ0n) is 24.8. The third-order valence-electron chi connectivity index (χ3n) is 6.97. The molecule has 0 radical (unpaired) electrons. The van der Waals surface area contributed by atoms with Crippen molar-refractivity contribution in [2.24, 2.45) is 0 Å². The van der Waals surface area contributed by atoms with Crippen LogP contribution in [0.2, 0.25) is 5.02 Å². The van der Waals surface area contributed by atoms with Crippen molar-refractivity contribution in [1.29, 1.82) is 0 Å². The number of unbranched alkanes of at least 4 members (excludes halogenated alkanes) is 1. The average Bonchev–Trinajstić information content (AvgIpc) is 2.97. The fourth-order valence-corrected chi connectivity index (χ4v) is 5.89. The van der Waals surface area contributed by atoms with Crippen LogP contribution in [0.25, 0.3) is 0 Å². The largest absolute Gasteiger partial charge is 0.495 e. The SMILES string of the molecule is CCCCNC(=O)[C@@H](Cc1ccccc1)N(Cc1ccccc1F)C(=O)CCCN(c1ccc(OC)c(Cl)c1)S(C)(=O)=O. The van der Waals surface area contributed by atoms with Crippen LogP contribution in [0.5, 0.6) is 5.75 Å². The van der Waals surface area contributed by atoms with Gasteiger partial charge in [-0.15, -0.1) is 0 Å². The maximum atomic E-state index is 14.8. The number of ether oxygens (including phenoxy) is 1. The molecule has 0 saturated carbocycles. The van der Waals surface area contributed by atoms with Crippen LogP contribution in [0.3, 0.4) is 0 Å². The number of sulfonamides is 1. The minimum atomic E-state index is -3.71. The zero-order valence-corrected chi connectivity index (χ0v) is 26.3. The third kappa shape index (κ3) is 9.96. The molecule has 8 nitrogen and oxygen atoms in total. The van der Waals surface area contributed by atoms with Crippen molar-refractivity contribution in [2.45, 2.75) is 51.6 Å². The van der Waals surface area contributed by atoms with Gasteiger partial charge in [0.1, 0.15) is 17.6 Å². The van der Waals surface area contributed by atoms with Gasteiger partial charge in [-0.05, 0) is 42.7 Å². The molecule has 232 valence electrons. The summed E-state index contributed by atoms with van der Waals surface area (Å²) < 4.78 is 46.5. The average molecular weight is 632 g/mol. The minimum Gasteiger partial charge on any atom is -0.495 e. The molecule has 3 aromatic carbocycles. The number of amides is 2. The molecule has 11 heteroatoms. The summed E-state index contributed by atoms with van der Waals surface area (Å²) in [4.78, 5) is 28.8. The molecule has 0 aliphatic heterocycles. The second-order valence-electron chi connectivity index (χ2n) is 10.2. The summed E-state index contributed by atoms with van der Waals surface area (Å²) in [6.07, 6.45) is 3.06. The molecule has 0 saturated heterocycles. The number of carbonyl (C=O) groups excluding carboxylic acids is 2. The van der Waals surface area contributed by atoms with Crippen molar-refractivity contribution in [2.75, 3.05) is 30.8 Å². The Balaban J connectivity index is 1.88. The number of nitrogens with zero attached hydrogens (tertiary/aromatic N) is 2. The van der Waals surface area contributed by atoms with Crippen molar-refractivity contribution < 1.29 is 27.1 Å². The minimum absolute atomic E-state index is 0.00713. The molecule has 3 aromatic rings. The summed E-state index contributed by atoms with van der Waals surface area (Å²) in [7, 11) is -2.25. The van der Waals surface area contributed by atoms with E-state index in [9.17, 15) is 22.4 Å². The van der Waals surface area contributed by atoms with Crippen LogP contribution in [-0.2, 0) is 32.6 Å². The van der Waals surface area contributed by atoms with Crippen LogP contribution in [0.15, 0.2) is 72.8 Å². The van der Waals surface area contributed by atoms with E-state index in [1.54, 1.807) is 30.3 Å². The number of nitrogens with one attached hydrogen (secondary N) is 1. The molecule has 0 bridgehead atoms. The van der Waals surface area contributed by atoms with Crippen molar-refractivity contribution in [1.82, 2.24) is 10.2 Å². The van der Waals surface area contributed by atoms with Crippen LogP contribution < -0.4 is 14.4 Å². The molecule has 0 fully saturated rings. The lowest BCUT2D eigenvalue weighted by Crippen LogP contribution is -2.50. The number of benzene rings is 3. The highest BCUT2D eigenvalue weighted by molar-refractivity contribution is 7.92. The lowest BCUT2D eigenvalue weighted by atomic mass is 10.0. The quantitative estimate of drug-likeness (QED) is 0.208. The van der Waals surface area contributed by atoms with E-state index in [-0.39, 0.29) is 48.8 Å². The van der Waals surface area contributed by atoms with Crippen LogP contribution in [0.4, 0.5) is 10.1 Å². The molecular weight excluding hydrogens is 593 g/mol. The van der Waals surface area contributed by atoms with E-state index in [0.29, 0.717) is 18.0 Å². The number of methoxy groups -OCH3 is 1. The van der Waals surface area contributed by atoms with Crippen LogP contribution in [0.1, 0.15) is 43.7 Å². The molecule has 0 heterocycles. The number of hydrogen-bond acceptors (Lipinski definition) is 5. The molecule has 0 aliphatic rings. The first-order valence-corrected chi connectivity index (χ1v) is 16.4. The maximum absolute atomic E-state index is 14.8. The number of rotatable bonds is 16. The van der Waals surface area contributed by atoms with Crippen molar-refractivity contribution in [3.8, 4) is 5.75 Å².